The molecule has 0 saturated carbocycles. The maximum Gasteiger partial charge on any atom is 0.295 e. The smallest absolute Gasteiger partial charge is 0.295 e. The molecule has 1 aromatic carbocycles. The molecule has 4 rings (SSSR count). The van der Waals surface area contributed by atoms with Gasteiger partial charge < -0.3 is 14.7 Å². The first kappa shape index (κ1) is 22.7. The van der Waals surface area contributed by atoms with E-state index in [0.717, 1.165) is 16.2 Å². The van der Waals surface area contributed by atoms with Crippen LogP contribution in [0.2, 0.25) is 0 Å². The zero-order valence-corrected chi connectivity index (χ0v) is 19.6. The summed E-state index contributed by atoms with van der Waals surface area (Å²) < 4.78 is 5.83. The van der Waals surface area contributed by atoms with Crippen molar-refractivity contribution in [2.24, 2.45) is 5.92 Å². The van der Waals surface area contributed by atoms with E-state index in [-0.39, 0.29) is 17.9 Å². The van der Waals surface area contributed by atoms with Crippen LogP contribution in [0.3, 0.4) is 0 Å². The van der Waals surface area contributed by atoms with Crippen LogP contribution in [0.15, 0.2) is 65.8 Å². The molecule has 1 saturated heterocycles. The van der Waals surface area contributed by atoms with E-state index in [0.29, 0.717) is 23.7 Å². The molecule has 1 aliphatic heterocycles. The normalized spacial score (nSPS) is 17.7. The van der Waals surface area contributed by atoms with E-state index in [1.165, 1.54) is 16.2 Å². The lowest BCUT2D eigenvalue weighted by molar-refractivity contribution is -0.140. The van der Waals surface area contributed by atoms with Gasteiger partial charge in [0.1, 0.15) is 11.5 Å². The van der Waals surface area contributed by atoms with Crippen molar-refractivity contribution in [2.45, 2.75) is 33.4 Å². The summed E-state index contributed by atoms with van der Waals surface area (Å²) in [5, 5.41) is 13.2. The van der Waals surface area contributed by atoms with Crippen LogP contribution >= 0.6 is 11.3 Å². The number of carbonyl (C=O) groups is 2. The van der Waals surface area contributed by atoms with E-state index < -0.39 is 17.7 Å². The zero-order chi connectivity index (χ0) is 23.5. The third-order valence-corrected chi connectivity index (χ3v) is 6.33. The Balaban J connectivity index is 1.77. The van der Waals surface area contributed by atoms with Gasteiger partial charge in [-0.2, -0.15) is 0 Å². The molecule has 7 heteroatoms. The number of aliphatic hydroxyl groups is 1. The minimum absolute atomic E-state index is 0.0693. The molecule has 0 aliphatic carbocycles. The van der Waals surface area contributed by atoms with Crippen LogP contribution in [0.5, 0.6) is 5.75 Å². The van der Waals surface area contributed by atoms with Crippen molar-refractivity contribution in [3.63, 3.8) is 0 Å². The van der Waals surface area contributed by atoms with Gasteiger partial charge in [-0.3, -0.25) is 14.6 Å². The van der Waals surface area contributed by atoms with Crippen molar-refractivity contribution in [1.82, 2.24) is 9.88 Å². The summed E-state index contributed by atoms with van der Waals surface area (Å²) in [6, 6.07) is 11.9. The van der Waals surface area contributed by atoms with Crippen molar-refractivity contribution in [2.75, 3.05) is 6.61 Å². The van der Waals surface area contributed by atoms with Gasteiger partial charge in [0, 0.05) is 22.8 Å². The van der Waals surface area contributed by atoms with Crippen LogP contribution in [-0.4, -0.2) is 33.3 Å². The number of amides is 1. The van der Waals surface area contributed by atoms with Gasteiger partial charge in [-0.25, -0.2) is 0 Å². The molecule has 6 nitrogen and oxygen atoms in total. The molecule has 1 fully saturated rings. The molecule has 3 heterocycles. The fourth-order valence-electron chi connectivity index (χ4n) is 3.87. The van der Waals surface area contributed by atoms with Crippen molar-refractivity contribution in [1.29, 1.82) is 0 Å². The third kappa shape index (κ3) is 4.68. The van der Waals surface area contributed by atoms with Gasteiger partial charge in [-0.05, 0) is 59.7 Å². The van der Waals surface area contributed by atoms with Crippen LogP contribution in [0.25, 0.3) is 5.76 Å². The second-order valence-corrected chi connectivity index (χ2v) is 9.51. The van der Waals surface area contributed by atoms with Crippen molar-refractivity contribution >= 4 is 28.8 Å². The summed E-state index contributed by atoms with van der Waals surface area (Å²) in [6.07, 6.45) is 3.26. The number of carbonyl (C=O) groups excluding carboxylic acids is 2. The van der Waals surface area contributed by atoms with E-state index in [2.05, 4.69) is 18.8 Å². The second kappa shape index (κ2) is 9.58. The topological polar surface area (TPSA) is 79.7 Å². The Kier molecular flexibility index (Phi) is 6.60. The molecule has 1 amide bonds. The molecule has 2 aromatic heterocycles. The quantitative estimate of drug-likeness (QED) is 0.300. The lowest BCUT2D eigenvalue weighted by atomic mass is 9.95. The highest BCUT2D eigenvalue weighted by Crippen LogP contribution is 2.40. The predicted molar refractivity (Wildman–Crippen MR) is 128 cm³/mol. The molecule has 0 radical (unpaired) electrons. The minimum atomic E-state index is -0.724. The molecular weight excluding hydrogens is 436 g/mol. The number of pyridine rings is 1. The maximum atomic E-state index is 13.1. The largest absolute Gasteiger partial charge is 0.507 e. The highest BCUT2D eigenvalue weighted by molar-refractivity contribution is 7.09. The number of hydrogen-bond donors (Lipinski definition) is 1. The molecule has 1 aliphatic rings. The van der Waals surface area contributed by atoms with Crippen LogP contribution in [0.4, 0.5) is 0 Å². The molecule has 1 atom stereocenters. The predicted octanol–water partition coefficient (Wildman–Crippen LogP) is 5.11. The van der Waals surface area contributed by atoms with Crippen molar-refractivity contribution in [3.05, 3.63) is 87.4 Å². The lowest BCUT2D eigenvalue weighted by Crippen LogP contribution is -2.28. The molecule has 0 bridgehead atoms. The standard InChI is InChI=1S/C26H26N2O4S/c1-16(2)15-32-21-9-8-18(12-17(21)3)24(29)22-23(19-6-4-10-27-13-19)28(26(31)25(22)30)14-20-7-5-11-33-20/h4-13,16,23,29H,14-15H2,1-3H3/b24-22-. The molecule has 33 heavy (non-hydrogen) atoms. The van der Waals surface area contributed by atoms with E-state index in [1.807, 2.05) is 30.5 Å². The number of benzene rings is 1. The highest BCUT2D eigenvalue weighted by Gasteiger charge is 2.46. The fraction of sp³-hybridized carbons (Fsp3) is 0.269. The number of likely N-dealkylation sites (tertiary alicyclic amines) is 1. The first-order chi connectivity index (χ1) is 15.9. The first-order valence-corrected chi connectivity index (χ1v) is 11.7. The molecule has 0 spiro atoms. The number of hydrogen-bond acceptors (Lipinski definition) is 6. The first-order valence-electron chi connectivity index (χ1n) is 10.8. The summed E-state index contributed by atoms with van der Waals surface area (Å²) in [4.78, 5) is 32.8. The Bertz CT molecular complexity index is 1190. The Hall–Kier alpha value is -3.45. The van der Waals surface area contributed by atoms with Crippen LogP contribution in [0.1, 0.15) is 41.5 Å². The lowest BCUT2D eigenvalue weighted by Gasteiger charge is -2.24. The summed E-state index contributed by atoms with van der Waals surface area (Å²) >= 11 is 1.51. The fourth-order valence-corrected chi connectivity index (χ4v) is 4.57. The Morgan fingerprint density at radius 2 is 2.03 bits per heavy atom. The number of thiophene rings is 1. The summed E-state index contributed by atoms with van der Waals surface area (Å²) in [6.45, 7) is 6.90. The third-order valence-electron chi connectivity index (χ3n) is 5.47. The summed E-state index contributed by atoms with van der Waals surface area (Å²) in [5.74, 6) is -0.420. The number of aryl methyl sites for hydroxylation is 1. The highest BCUT2D eigenvalue weighted by atomic mass is 32.1. The van der Waals surface area contributed by atoms with Crippen LogP contribution in [0, 0.1) is 12.8 Å². The maximum absolute atomic E-state index is 13.1. The van der Waals surface area contributed by atoms with Gasteiger partial charge in [-0.15, -0.1) is 11.3 Å². The van der Waals surface area contributed by atoms with Crippen LogP contribution in [-0.2, 0) is 16.1 Å². The number of Topliss-reactive ketones (excluding diaryl/α,β-unsaturated/α-hetero) is 1. The van der Waals surface area contributed by atoms with Crippen LogP contribution < -0.4 is 4.74 Å². The van der Waals surface area contributed by atoms with Gasteiger partial charge >= 0.3 is 0 Å². The van der Waals surface area contributed by atoms with Crippen molar-refractivity contribution < 1.29 is 19.4 Å². The number of rotatable bonds is 7. The average Bonchev–Trinajstić information content (AvgIpc) is 3.40. The Labute approximate surface area is 197 Å². The van der Waals surface area contributed by atoms with E-state index >= 15 is 0 Å². The van der Waals surface area contributed by atoms with Gasteiger partial charge in [0.05, 0.1) is 24.8 Å². The van der Waals surface area contributed by atoms with E-state index in [1.54, 1.807) is 36.7 Å². The molecular formula is C26H26N2O4S. The molecule has 170 valence electrons. The average molecular weight is 463 g/mol. The summed E-state index contributed by atoms with van der Waals surface area (Å²) in [7, 11) is 0. The van der Waals surface area contributed by atoms with Crippen molar-refractivity contribution in [3.8, 4) is 5.75 Å². The van der Waals surface area contributed by atoms with Gasteiger partial charge in [-0.1, -0.05) is 26.0 Å². The number of nitrogens with zero attached hydrogens (tertiary/aromatic N) is 2. The SMILES string of the molecule is Cc1cc(/C(O)=C2/C(=O)C(=O)N(Cc3cccs3)C2c2cccnc2)ccc1OCC(C)C. The minimum Gasteiger partial charge on any atom is -0.507 e. The zero-order valence-electron chi connectivity index (χ0n) is 18.8. The van der Waals surface area contributed by atoms with E-state index in [4.69, 9.17) is 4.74 Å². The number of ketones is 1. The summed E-state index contributed by atoms with van der Waals surface area (Å²) in [5.41, 5.74) is 2.04. The monoisotopic (exact) mass is 462 g/mol. The van der Waals surface area contributed by atoms with E-state index in [9.17, 15) is 14.7 Å². The Morgan fingerprint density at radius 3 is 2.67 bits per heavy atom. The molecule has 1 N–H and O–H groups in total. The van der Waals surface area contributed by atoms with Gasteiger partial charge in [0.2, 0.25) is 0 Å². The van der Waals surface area contributed by atoms with Gasteiger partial charge in [0.15, 0.2) is 0 Å². The number of aromatic nitrogens is 1. The second-order valence-electron chi connectivity index (χ2n) is 8.48. The molecule has 3 aromatic rings. The molecule has 1 unspecified atom stereocenters. The van der Waals surface area contributed by atoms with Gasteiger partial charge in [0.25, 0.3) is 11.7 Å². The number of ether oxygens (including phenoxy) is 1. The Morgan fingerprint density at radius 1 is 1.21 bits per heavy atom. The number of aliphatic hydroxyl groups excluding tert-OH is 1.